The Hall–Kier alpha value is -2.37. The van der Waals surface area contributed by atoms with Crippen LogP contribution < -0.4 is 4.90 Å². The normalized spacial score (nSPS) is 20.1. The first-order valence-electron chi connectivity index (χ1n) is 8.22. The molecule has 142 valence electrons. The van der Waals surface area contributed by atoms with Gasteiger partial charge in [0.2, 0.25) is 0 Å². The Kier molecular flexibility index (Phi) is 5.27. The second kappa shape index (κ2) is 7.33. The van der Waals surface area contributed by atoms with Gasteiger partial charge in [-0.3, -0.25) is 4.98 Å². The fourth-order valence-electron chi connectivity index (χ4n) is 3.10. The highest BCUT2D eigenvalue weighted by atomic mass is 35.5. The predicted octanol–water partition coefficient (Wildman–Crippen LogP) is 4.58. The zero-order chi connectivity index (χ0) is 19.8. The molecule has 0 aromatic carbocycles. The van der Waals surface area contributed by atoms with Crippen molar-refractivity contribution in [1.82, 2.24) is 9.97 Å². The first-order chi connectivity index (χ1) is 12.7. The third-order valence-corrected chi connectivity index (χ3v) is 4.55. The fraction of sp³-hybridized carbons (Fsp3) is 0.389. The van der Waals surface area contributed by atoms with Crippen molar-refractivity contribution in [3.63, 3.8) is 0 Å². The van der Waals surface area contributed by atoms with Crippen LogP contribution >= 0.6 is 11.6 Å². The van der Waals surface area contributed by atoms with E-state index in [1.165, 1.54) is 6.07 Å². The average Bonchev–Trinajstić information content (AvgIpc) is 3.06. The Bertz CT molecular complexity index is 867. The fourth-order valence-corrected chi connectivity index (χ4v) is 3.33. The van der Waals surface area contributed by atoms with Crippen molar-refractivity contribution in [2.24, 2.45) is 5.92 Å². The van der Waals surface area contributed by atoms with Crippen LogP contribution in [-0.4, -0.2) is 22.8 Å². The monoisotopic (exact) mass is 396 g/mol. The number of halogens is 4. The summed E-state index contributed by atoms with van der Waals surface area (Å²) in [5.74, 6) is -0.0255. The molecule has 1 fully saturated rings. The van der Waals surface area contributed by atoms with Gasteiger partial charge in [-0.15, -0.1) is 0 Å². The first kappa shape index (κ1) is 19.4. The van der Waals surface area contributed by atoms with Gasteiger partial charge in [-0.05, 0) is 24.1 Å². The van der Waals surface area contributed by atoms with Crippen LogP contribution in [0.1, 0.15) is 36.7 Å². The lowest BCUT2D eigenvalue weighted by Gasteiger charge is -2.31. The van der Waals surface area contributed by atoms with E-state index >= 15 is 0 Å². The second-order valence-corrected chi connectivity index (χ2v) is 6.81. The molecule has 2 aromatic rings. The molecule has 0 aliphatic carbocycles. The van der Waals surface area contributed by atoms with Crippen LogP contribution in [0.15, 0.2) is 30.5 Å². The zero-order valence-corrected chi connectivity index (χ0v) is 15.3. The Morgan fingerprint density at radius 1 is 1.37 bits per heavy atom. The lowest BCUT2D eigenvalue weighted by Crippen LogP contribution is -2.37. The van der Waals surface area contributed by atoms with Gasteiger partial charge < -0.3 is 9.64 Å². The molecule has 3 rings (SSSR count). The summed E-state index contributed by atoms with van der Waals surface area (Å²) in [6.45, 7) is 4.04. The van der Waals surface area contributed by atoms with Crippen molar-refractivity contribution in [3.8, 4) is 6.07 Å². The van der Waals surface area contributed by atoms with Crippen LogP contribution in [0.5, 0.6) is 0 Å². The molecule has 0 spiro atoms. The molecule has 1 aliphatic heterocycles. The van der Waals surface area contributed by atoms with Crippen LogP contribution in [0, 0.1) is 17.2 Å². The van der Waals surface area contributed by atoms with Gasteiger partial charge in [0, 0.05) is 6.20 Å². The smallest absolute Gasteiger partial charge is 0.355 e. The third-order valence-electron chi connectivity index (χ3n) is 4.28. The molecule has 9 heteroatoms. The van der Waals surface area contributed by atoms with Crippen molar-refractivity contribution in [2.45, 2.75) is 32.3 Å². The summed E-state index contributed by atoms with van der Waals surface area (Å²) < 4.78 is 46.2. The van der Waals surface area contributed by atoms with Crippen LogP contribution in [-0.2, 0) is 10.9 Å². The second-order valence-electron chi connectivity index (χ2n) is 6.45. The number of rotatable bonds is 3. The maximum absolute atomic E-state index is 13.5. The van der Waals surface area contributed by atoms with E-state index in [1.54, 1.807) is 29.3 Å². The molecule has 0 bridgehead atoms. The van der Waals surface area contributed by atoms with Crippen molar-refractivity contribution in [3.05, 3.63) is 52.4 Å². The van der Waals surface area contributed by atoms with Crippen molar-refractivity contribution in [2.75, 3.05) is 11.5 Å². The Balaban J connectivity index is 2.15. The molecular formula is C18H16ClF3N4O. The number of nitrogens with zero attached hydrogens (tertiary/aromatic N) is 4. The Morgan fingerprint density at radius 3 is 2.67 bits per heavy atom. The maximum atomic E-state index is 13.5. The number of hydrogen-bond acceptors (Lipinski definition) is 5. The van der Waals surface area contributed by atoms with E-state index in [0.717, 1.165) is 6.07 Å². The van der Waals surface area contributed by atoms with Gasteiger partial charge in [-0.25, -0.2) is 4.98 Å². The molecule has 2 unspecified atom stereocenters. The lowest BCUT2D eigenvalue weighted by molar-refractivity contribution is -0.137. The van der Waals surface area contributed by atoms with E-state index in [4.69, 9.17) is 21.6 Å². The van der Waals surface area contributed by atoms with Gasteiger partial charge in [0.15, 0.2) is 0 Å². The molecule has 5 nitrogen and oxygen atoms in total. The Labute approximate surface area is 159 Å². The van der Waals surface area contributed by atoms with Gasteiger partial charge in [0.25, 0.3) is 0 Å². The summed E-state index contributed by atoms with van der Waals surface area (Å²) >= 11 is 5.92. The molecule has 0 saturated carbocycles. The highest BCUT2D eigenvalue weighted by Crippen LogP contribution is 2.41. The minimum Gasteiger partial charge on any atom is -0.355 e. The topological polar surface area (TPSA) is 62.0 Å². The third kappa shape index (κ3) is 3.70. The zero-order valence-electron chi connectivity index (χ0n) is 14.5. The molecule has 27 heavy (non-hydrogen) atoms. The molecule has 0 N–H and O–H groups in total. The lowest BCUT2D eigenvalue weighted by atomic mass is 10.1. The quantitative estimate of drug-likeness (QED) is 0.710. The summed E-state index contributed by atoms with van der Waals surface area (Å²) in [5.41, 5.74) is -1.16. The van der Waals surface area contributed by atoms with Crippen LogP contribution in [0.3, 0.4) is 0 Å². The van der Waals surface area contributed by atoms with Crippen molar-refractivity contribution >= 4 is 17.4 Å². The van der Waals surface area contributed by atoms with E-state index in [1.807, 2.05) is 13.8 Å². The first-order valence-corrected chi connectivity index (χ1v) is 8.60. The minimum atomic E-state index is -4.74. The van der Waals surface area contributed by atoms with Gasteiger partial charge in [0.05, 0.1) is 23.9 Å². The molecule has 2 aromatic heterocycles. The number of ether oxygens (including phenoxy) is 1. The summed E-state index contributed by atoms with van der Waals surface area (Å²) in [5, 5.41) is 8.58. The summed E-state index contributed by atoms with van der Waals surface area (Å²) in [6.07, 6.45) is -3.63. The van der Waals surface area contributed by atoms with Gasteiger partial charge >= 0.3 is 6.18 Å². The number of aromatic nitrogens is 2. The van der Waals surface area contributed by atoms with Crippen LogP contribution in [0.2, 0.25) is 5.15 Å². The molecule has 3 heterocycles. The van der Waals surface area contributed by atoms with Crippen molar-refractivity contribution < 1.29 is 17.9 Å². The molecule has 1 aliphatic rings. The number of pyridine rings is 2. The number of nitriles is 1. The molecule has 0 amide bonds. The number of anilines is 1. The molecule has 0 radical (unpaired) electrons. The summed E-state index contributed by atoms with van der Waals surface area (Å²) in [7, 11) is 0. The summed E-state index contributed by atoms with van der Waals surface area (Å²) in [4.78, 5) is 10.0. The Morgan fingerprint density at radius 2 is 2.11 bits per heavy atom. The van der Waals surface area contributed by atoms with Gasteiger partial charge in [-0.2, -0.15) is 18.4 Å². The predicted molar refractivity (Wildman–Crippen MR) is 93.0 cm³/mol. The minimum absolute atomic E-state index is 0.00169. The van der Waals surface area contributed by atoms with Crippen LogP contribution in [0.25, 0.3) is 0 Å². The van der Waals surface area contributed by atoms with Crippen LogP contribution in [0.4, 0.5) is 19.0 Å². The van der Waals surface area contributed by atoms with E-state index in [2.05, 4.69) is 9.97 Å². The average molecular weight is 397 g/mol. The van der Waals surface area contributed by atoms with E-state index in [-0.39, 0.29) is 18.3 Å². The number of alkyl halides is 3. The van der Waals surface area contributed by atoms with E-state index in [0.29, 0.717) is 5.69 Å². The molecule has 1 saturated heterocycles. The molecular weight excluding hydrogens is 381 g/mol. The van der Waals surface area contributed by atoms with E-state index in [9.17, 15) is 13.2 Å². The highest BCUT2D eigenvalue weighted by molar-refractivity contribution is 6.30. The number of hydrogen-bond donors (Lipinski definition) is 0. The van der Waals surface area contributed by atoms with Crippen molar-refractivity contribution in [1.29, 1.82) is 5.26 Å². The maximum Gasteiger partial charge on any atom is 0.417 e. The van der Waals surface area contributed by atoms with Gasteiger partial charge in [-0.1, -0.05) is 31.5 Å². The molecule has 2 atom stereocenters. The standard InChI is InChI=1S/C18H16ClF3N4O/c1-10(2)17-26(14(9-27-17)13-5-3-4-6-24-13)15-7-12(18(20,21)22)11(8-23)16(19)25-15/h3-7,10,14,17H,9H2,1-2H3. The SMILES string of the molecule is CC(C)C1OCC(c2ccccn2)N1c1cc(C(F)(F)F)c(C#N)c(Cl)n1. The van der Waals surface area contributed by atoms with E-state index < -0.39 is 34.7 Å². The van der Waals surface area contributed by atoms with Gasteiger partial charge in [0.1, 0.15) is 28.8 Å². The highest BCUT2D eigenvalue weighted by Gasteiger charge is 2.41. The largest absolute Gasteiger partial charge is 0.417 e. The summed E-state index contributed by atoms with van der Waals surface area (Å²) in [6, 6.07) is 7.24.